The Kier molecular flexibility index (Phi) is 6.54. The van der Waals surface area contributed by atoms with E-state index in [4.69, 9.17) is 11.6 Å². The Morgan fingerprint density at radius 1 is 1.09 bits per heavy atom. The van der Waals surface area contributed by atoms with Gasteiger partial charge in [0.25, 0.3) is 15.9 Å². The van der Waals surface area contributed by atoms with E-state index in [-0.39, 0.29) is 15.4 Å². The number of carbonyl (C=O) groups is 1. The first-order valence-corrected chi connectivity index (χ1v) is 10.7. The van der Waals surface area contributed by atoms with Gasteiger partial charge in [0.05, 0.1) is 10.7 Å². The number of halogens is 7. The van der Waals surface area contributed by atoms with Gasteiger partial charge in [0.1, 0.15) is 10.6 Å². The van der Waals surface area contributed by atoms with E-state index in [2.05, 4.69) is 15.0 Å². The summed E-state index contributed by atoms with van der Waals surface area (Å²) in [6.07, 6.45) is -10.5. The van der Waals surface area contributed by atoms with Crippen LogP contribution >= 0.6 is 11.6 Å². The summed E-state index contributed by atoms with van der Waals surface area (Å²) in [6, 6.07) is 7.23. The summed E-state index contributed by atoms with van der Waals surface area (Å²) in [4.78, 5) is 11.3. The molecule has 0 unspecified atom stereocenters. The number of hydrogen-bond acceptors (Lipinski definition) is 6. The standard InChI is InChI=1S/C18H11ClF6N4O4S/c1-9-6-7-11(10(19)8-9)29-15(17(20,21)22)14(26-28-29)16(30)27-34(31,32)13-5-3-2-4-12(13)33-18(23,24)25/h2-8H,1H3,(H,27,30). The monoisotopic (exact) mass is 528 g/mol. The third-order valence-electron chi connectivity index (χ3n) is 4.08. The number of aromatic nitrogens is 3. The molecule has 2 aromatic carbocycles. The van der Waals surface area contributed by atoms with Crippen molar-refractivity contribution in [3.63, 3.8) is 0 Å². The minimum absolute atomic E-state index is 0.173. The van der Waals surface area contributed by atoms with Crippen LogP contribution in [0.2, 0.25) is 5.02 Å². The highest BCUT2D eigenvalue weighted by Gasteiger charge is 2.43. The van der Waals surface area contributed by atoms with Crippen LogP contribution in [0.5, 0.6) is 5.75 Å². The maximum absolute atomic E-state index is 13.8. The van der Waals surface area contributed by atoms with Gasteiger partial charge >= 0.3 is 12.5 Å². The topological polar surface area (TPSA) is 103 Å². The lowest BCUT2D eigenvalue weighted by molar-refractivity contribution is -0.275. The quantitative estimate of drug-likeness (QED) is 0.496. The molecule has 0 radical (unpaired) electrons. The number of benzene rings is 2. The minimum atomic E-state index is -5.28. The van der Waals surface area contributed by atoms with Gasteiger partial charge in [0, 0.05) is 0 Å². The highest BCUT2D eigenvalue weighted by Crippen LogP contribution is 2.35. The van der Waals surface area contributed by atoms with E-state index in [1.165, 1.54) is 22.9 Å². The second-order valence-corrected chi connectivity index (χ2v) is 8.64. The molecule has 0 fully saturated rings. The predicted octanol–water partition coefficient (Wildman–Crippen LogP) is 4.27. The van der Waals surface area contributed by atoms with Gasteiger partial charge in [-0.1, -0.05) is 35.0 Å². The summed E-state index contributed by atoms with van der Waals surface area (Å²) in [5.41, 5.74) is -2.92. The molecule has 0 saturated carbocycles. The molecule has 0 aliphatic rings. The second kappa shape index (κ2) is 8.79. The van der Waals surface area contributed by atoms with Crippen molar-refractivity contribution >= 4 is 27.5 Å². The van der Waals surface area contributed by atoms with E-state index in [0.29, 0.717) is 17.7 Å². The number of nitrogens with one attached hydrogen (secondary N) is 1. The molecule has 3 aromatic rings. The van der Waals surface area contributed by atoms with E-state index >= 15 is 0 Å². The molecule has 0 aliphatic heterocycles. The zero-order valence-electron chi connectivity index (χ0n) is 16.6. The number of amides is 1. The second-order valence-electron chi connectivity index (χ2n) is 6.58. The fraction of sp³-hybridized carbons (Fsp3) is 0.167. The molecule has 8 nitrogen and oxygen atoms in total. The molecule has 182 valence electrons. The summed E-state index contributed by atoms with van der Waals surface area (Å²) < 4.78 is 109. The van der Waals surface area contributed by atoms with Crippen molar-refractivity contribution in [1.82, 2.24) is 19.7 Å². The number of nitrogens with zero attached hydrogens (tertiary/aromatic N) is 3. The van der Waals surface area contributed by atoms with E-state index < -0.39 is 50.5 Å². The number of ether oxygens (including phenoxy) is 1. The first-order valence-electron chi connectivity index (χ1n) is 8.81. The van der Waals surface area contributed by atoms with Gasteiger partial charge in [-0.25, -0.2) is 17.8 Å². The third-order valence-corrected chi connectivity index (χ3v) is 5.75. The molecule has 16 heteroatoms. The van der Waals surface area contributed by atoms with Gasteiger partial charge < -0.3 is 4.74 Å². The lowest BCUT2D eigenvalue weighted by Crippen LogP contribution is -2.33. The molecule has 1 N–H and O–H groups in total. The smallest absolute Gasteiger partial charge is 0.404 e. The zero-order chi connectivity index (χ0) is 25.5. The average Bonchev–Trinajstić information content (AvgIpc) is 3.12. The Labute approximate surface area is 192 Å². The highest BCUT2D eigenvalue weighted by atomic mass is 35.5. The Morgan fingerprint density at radius 2 is 1.74 bits per heavy atom. The molecule has 1 amide bonds. The van der Waals surface area contributed by atoms with Crippen LogP contribution in [0.25, 0.3) is 5.69 Å². The lowest BCUT2D eigenvalue weighted by Gasteiger charge is -2.14. The molecule has 0 aliphatic carbocycles. The van der Waals surface area contributed by atoms with Crippen molar-refractivity contribution < 1.29 is 44.3 Å². The minimum Gasteiger partial charge on any atom is -0.404 e. The van der Waals surface area contributed by atoms with Crippen molar-refractivity contribution in [3.8, 4) is 11.4 Å². The maximum atomic E-state index is 13.8. The van der Waals surface area contributed by atoms with Crippen molar-refractivity contribution in [2.75, 3.05) is 0 Å². The molecule has 0 saturated heterocycles. The third kappa shape index (κ3) is 5.41. The summed E-state index contributed by atoms with van der Waals surface area (Å²) in [7, 11) is -5.14. The Hall–Kier alpha value is -3.33. The highest BCUT2D eigenvalue weighted by molar-refractivity contribution is 7.90. The van der Waals surface area contributed by atoms with Crippen LogP contribution in [0.4, 0.5) is 26.3 Å². The molecule has 3 rings (SSSR count). The van der Waals surface area contributed by atoms with Gasteiger partial charge in [0.15, 0.2) is 11.4 Å². The number of sulfonamides is 1. The van der Waals surface area contributed by atoms with Crippen LogP contribution in [-0.2, 0) is 16.2 Å². The van der Waals surface area contributed by atoms with E-state index in [0.717, 1.165) is 12.1 Å². The van der Waals surface area contributed by atoms with E-state index in [1.54, 1.807) is 6.92 Å². The summed E-state index contributed by atoms with van der Waals surface area (Å²) in [5, 5.41) is 6.22. The Balaban J connectivity index is 2.04. The van der Waals surface area contributed by atoms with Crippen LogP contribution in [0, 0.1) is 6.92 Å². The van der Waals surface area contributed by atoms with E-state index in [9.17, 15) is 39.6 Å². The summed E-state index contributed by atoms with van der Waals surface area (Å²) in [6.45, 7) is 1.62. The Bertz CT molecular complexity index is 1360. The number of hydrogen-bond donors (Lipinski definition) is 1. The first-order chi connectivity index (χ1) is 15.6. The number of carbonyl (C=O) groups excluding carboxylic acids is 1. The molecular formula is C18H11ClF6N4O4S. The fourth-order valence-corrected chi connectivity index (χ4v) is 4.15. The molecule has 0 bridgehead atoms. The average molecular weight is 529 g/mol. The number of para-hydroxylation sites is 1. The normalized spacial score (nSPS) is 12.5. The number of rotatable bonds is 5. The van der Waals surface area contributed by atoms with Crippen LogP contribution in [-0.4, -0.2) is 35.7 Å². The molecular weight excluding hydrogens is 518 g/mol. The van der Waals surface area contributed by atoms with Crippen molar-refractivity contribution in [2.45, 2.75) is 24.4 Å². The van der Waals surface area contributed by atoms with Crippen LogP contribution in [0.3, 0.4) is 0 Å². The SMILES string of the molecule is Cc1ccc(-n2nnc(C(=O)NS(=O)(=O)c3ccccc3OC(F)(F)F)c2C(F)(F)F)c(Cl)c1. The van der Waals surface area contributed by atoms with Crippen molar-refractivity contribution in [3.05, 3.63) is 64.4 Å². The van der Waals surface area contributed by atoms with Crippen LogP contribution in [0.15, 0.2) is 47.4 Å². The summed E-state index contributed by atoms with van der Waals surface area (Å²) in [5.74, 6) is -3.11. The van der Waals surface area contributed by atoms with Gasteiger partial charge in [-0.05, 0) is 36.8 Å². The van der Waals surface area contributed by atoms with Crippen molar-refractivity contribution in [1.29, 1.82) is 0 Å². The molecule has 0 spiro atoms. The zero-order valence-corrected chi connectivity index (χ0v) is 18.1. The summed E-state index contributed by atoms with van der Waals surface area (Å²) >= 11 is 5.97. The lowest BCUT2D eigenvalue weighted by atomic mass is 10.2. The molecule has 34 heavy (non-hydrogen) atoms. The van der Waals surface area contributed by atoms with E-state index in [1.807, 2.05) is 0 Å². The van der Waals surface area contributed by atoms with Crippen LogP contribution in [0.1, 0.15) is 21.7 Å². The number of aryl methyl sites for hydroxylation is 1. The first kappa shape index (κ1) is 25.3. The largest absolute Gasteiger partial charge is 0.573 e. The Morgan fingerprint density at radius 3 is 2.32 bits per heavy atom. The van der Waals surface area contributed by atoms with Gasteiger partial charge in [-0.2, -0.15) is 13.2 Å². The molecule has 1 aromatic heterocycles. The van der Waals surface area contributed by atoms with Gasteiger partial charge in [0.2, 0.25) is 0 Å². The van der Waals surface area contributed by atoms with Gasteiger partial charge in [-0.15, -0.1) is 18.3 Å². The molecule has 0 atom stereocenters. The number of alkyl halides is 6. The maximum Gasteiger partial charge on any atom is 0.573 e. The van der Waals surface area contributed by atoms with Crippen LogP contribution < -0.4 is 9.46 Å². The van der Waals surface area contributed by atoms with Crippen molar-refractivity contribution in [2.24, 2.45) is 0 Å². The van der Waals surface area contributed by atoms with Gasteiger partial charge in [-0.3, -0.25) is 4.79 Å². The predicted molar refractivity (Wildman–Crippen MR) is 104 cm³/mol. The fourth-order valence-electron chi connectivity index (χ4n) is 2.75. The molecule has 1 heterocycles.